The van der Waals surface area contributed by atoms with E-state index >= 15 is 0 Å². The van der Waals surface area contributed by atoms with Crippen molar-refractivity contribution >= 4 is 81.5 Å². The fourth-order valence-corrected chi connectivity index (χ4v) is 16.3. The number of esters is 5. The van der Waals surface area contributed by atoms with Crippen LogP contribution in [0.5, 0.6) is 0 Å². The maximum Gasteiger partial charge on any atom is 0.339 e. The van der Waals surface area contributed by atoms with Crippen LogP contribution in [0.15, 0.2) is 146 Å². The van der Waals surface area contributed by atoms with Gasteiger partial charge in [-0.15, -0.1) is 0 Å². The van der Waals surface area contributed by atoms with Crippen LogP contribution in [0.2, 0.25) is 0 Å². The first-order chi connectivity index (χ1) is 66.4. The van der Waals surface area contributed by atoms with Gasteiger partial charge in [-0.05, 0) is 160 Å². The van der Waals surface area contributed by atoms with Crippen molar-refractivity contribution in [3.05, 3.63) is 201 Å². The molecule has 0 spiro atoms. The molecule has 5 atom stereocenters. The fraction of sp³-hybridized carbons (Fsp3) is 0.534. The maximum absolute atomic E-state index is 13.1. The lowest BCUT2D eigenvalue weighted by atomic mass is 9.94. The van der Waals surface area contributed by atoms with E-state index in [9.17, 15) is 47.9 Å². The lowest BCUT2D eigenvalue weighted by Crippen LogP contribution is -2.57. The minimum Gasteiger partial charge on any atom is -0.455 e. The summed E-state index contributed by atoms with van der Waals surface area (Å²) >= 11 is 0. The fourth-order valence-electron chi connectivity index (χ4n) is 16.3. The summed E-state index contributed by atoms with van der Waals surface area (Å²) in [6, 6.07) is 45.4. The van der Waals surface area contributed by atoms with Crippen molar-refractivity contribution in [3.63, 3.8) is 0 Å². The predicted molar refractivity (Wildman–Crippen MR) is 520 cm³/mol. The van der Waals surface area contributed by atoms with Gasteiger partial charge in [-0.3, -0.25) is 49.0 Å². The summed E-state index contributed by atoms with van der Waals surface area (Å²) in [5.41, 5.74) is 8.42. The third-order valence-corrected chi connectivity index (χ3v) is 24.7. The summed E-state index contributed by atoms with van der Waals surface area (Å²) in [6.45, 7) is 25.6. The van der Waals surface area contributed by atoms with E-state index in [2.05, 4.69) is 93.5 Å². The van der Waals surface area contributed by atoms with Crippen LogP contribution in [0.3, 0.4) is 0 Å². The Morgan fingerprint density at radius 3 is 0.870 bits per heavy atom. The van der Waals surface area contributed by atoms with E-state index in [4.69, 9.17) is 71.1 Å². The number of rotatable bonds is 40. The van der Waals surface area contributed by atoms with Crippen LogP contribution in [-0.2, 0) is 71.1 Å². The predicted octanol–water partition coefficient (Wildman–Crippen LogP) is 15.7. The smallest absolute Gasteiger partial charge is 0.339 e. The zero-order valence-corrected chi connectivity index (χ0v) is 84.0. The molecule has 5 heterocycles. The van der Waals surface area contributed by atoms with Gasteiger partial charge in [-0.1, -0.05) is 166 Å². The first-order valence-electron chi connectivity index (χ1n) is 46.9. The first-order valence-corrected chi connectivity index (χ1v) is 46.9. The highest BCUT2D eigenvalue weighted by Gasteiger charge is 2.40. The molecular weight excluding hydrogens is 1780 g/mol. The van der Waals surface area contributed by atoms with Gasteiger partial charge in [-0.25, -0.2) is 47.9 Å². The summed E-state index contributed by atoms with van der Waals surface area (Å²) in [5.74, 6) is 0.0638. The number of fused-ring (bicyclic) bond motifs is 2. The van der Waals surface area contributed by atoms with Crippen molar-refractivity contribution in [1.29, 1.82) is 0 Å². The van der Waals surface area contributed by atoms with Crippen molar-refractivity contribution in [2.24, 2.45) is 0 Å². The molecule has 7 aromatic rings. The number of benzene rings is 7. The standard InChI is InChI=1S/2C23H30N2O5.3C19H28N2O5/c1-5-16(2)17-6-7-19-11-20(9-8-18(19)10-17)22(26)30-21-12-24(14-28-3)23(27)25(13-21)15-29-4;1-5-16(2)18-10-9-17-7-6-8-20(21(17)11-18)22(26)30-19-12-24(14-28-3)23(27)25(13-19)15-29-4;1-5-14(2)15-6-8-16(9-7-15)18(22)26-17-10-20(12-24-3)19(23)21(11-17)13-25-4;1-5-14(2)15-7-6-8-16(9-15)18(22)26-17-10-20(12-24-3)19(23)21(11-17)13-25-4;1-5-14(2)16-8-6-7-9-17(16)18(22)26-15-10-20(12-24-3)19(23)21(11-15)13-25-4/h6-11,16,21H,5,12-15H2,1-4H3;6-11,16,19H,5,12-15H2,1-4H3;2*6-9,14,17H,5,10-13H2,1-4H3;6-9,14-15H,5,10-13H2,1-4H3. The van der Waals surface area contributed by atoms with E-state index in [1.54, 1.807) is 36.4 Å². The number of urea groups is 5. The topological polar surface area (TPSA) is 342 Å². The molecule has 10 amide bonds. The Morgan fingerprint density at radius 1 is 0.254 bits per heavy atom. The highest BCUT2D eigenvalue weighted by Crippen LogP contribution is 2.32. The molecule has 5 unspecified atom stereocenters. The van der Waals surface area contributed by atoms with Crippen molar-refractivity contribution in [2.75, 3.05) is 204 Å². The number of hydrogen-bond acceptors (Lipinski definition) is 25. The van der Waals surface area contributed by atoms with Gasteiger partial charge in [0.25, 0.3) is 0 Å². The van der Waals surface area contributed by atoms with E-state index < -0.39 is 48.4 Å². The van der Waals surface area contributed by atoms with Crippen LogP contribution in [0.25, 0.3) is 21.5 Å². The molecule has 5 fully saturated rings. The molecule has 0 saturated carbocycles. The van der Waals surface area contributed by atoms with Gasteiger partial charge in [-0.2, -0.15) is 0 Å². The van der Waals surface area contributed by atoms with Gasteiger partial charge in [0.05, 0.1) is 93.3 Å². The second-order valence-electron chi connectivity index (χ2n) is 34.9. The average Bonchev–Trinajstić information content (AvgIpc) is 0.791. The molecule has 0 N–H and O–H groups in total. The molecule has 5 aliphatic rings. The van der Waals surface area contributed by atoms with E-state index in [0.717, 1.165) is 64.8 Å². The van der Waals surface area contributed by atoms with Gasteiger partial charge in [0.1, 0.15) is 97.8 Å². The van der Waals surface area contributed by atoms with Crippen LogP contribution in [0, 0.1) is 0 Å². The van der Waals surface area contributed by atoms with E-state index in [0.29, 0.717) is 90.8 Å². The highest BCUT2D eigenvalue weighted by molar-refractivity contribution is 6.05. The van der Waals surface area contributed by atoms with Gasteiger partial charge in [0, 0.05) is 71.1 Å². The Bertz CT molecular complexity index is 4970. The monoisotopic (exact) mass is 1920 g/mol. The zero-order valence-electron chi connectivity index (χ0n) is 84.0. The molecule has 0 aliphatic carbocycles. The molecule has 12 rings (SSSR count). The Balaban J connectivity index is 0.000000212. The van der Waals surface area contributed by atoms with E-state index in [1.807, 2.05) is 84.9 Å². The summed E-state index contributed by atoms with van der Waals surface area (Å²) in [7, 11) is 15.2. The number of amides is 10. The lowest BCUT2D eigenvalue weighted by Gasteiger charge is -2.38. The molecule has 35 heteroatoms. The number of hydrogen-bond donors (Lipinski definition) is 0. The number of carbonyl (C=O) groups is 10. The molecule has 7 aromatic carbocycles. The number of nitrogens with zero attached hydrogens (tertiary/aromatic N) is 10. The maximum atomic E-state index is 13.1. The Kier molecular flexibility index (Phi) is 46.2. The van der Waals surface area contributed by atoms with Crippen LogP contribution < -0.4 is 0 Å². The number of methoxy groups -OCH3 is 10. The van der Waals surface area contributed by atoms with Crippen LogP contribution in [0.4, 0.5) is 24.0 Å². The molecule has 0 bridgehead atoms. The molecular formula is C103H144N10O25. The normalized spacial score (nSPS) is 16.5. The quantitative estimate of drug-likeness (QED) is 0.0254. The Morgan fingerprint density at radius 2 is 0.514 bits per heavy atom. The van der Waals surface area contributed by atoms with Gasteiger partial charge < -0.3 is 71.1 Å². The van der Waals surface area contributed by atoms with Gasteiger partial charge in [0.2, 0.25) is 0 Å². The first kappa shape index (κ1) is 112. The summed E-state index contributed by atoms with van der Waals surface area (Å²) in [6.07, 6.45) is 2.81. The van der Waals surface area contributed by atoms with Crippen LogP contribution in [-0.4, -0.2) is 343 Å². The average molecular weight is 1920 g/mol. The Hall–Kier alpha value is -11.6. The highest BCUT2D eigenvalue weighted by atomic mass is 16.6. The van der Waals surface area contributed by atoms with Gasteiger partial charge >= 0.3 is 60.0 Å². The second-order valence-corrected chi connectivity index (χ2v) is 34.9. The molecule has 756 valence electrons. The third-order valence-electron chi connectivity index (χ3n) is 24.7. The summed E-state index contributed by atoms with van der Waals surface area (Å²) in [5, 5.41) is 3.98. The summed E-state index contributed by atoms with van der Waals surface area (Å²) < 4.78 is 79.4. The van der Waals surface area contributed by atoms with Crippen molar-refractivity contribution in [1.82, 2.24) is 49.0 Å². The van der Waals surface area contributed by atoms with Crippen molar-refractivity contribution in [3.8, 4) is 0 Å². The third kappa shape index (κ3) is 31.7. The number of ether oxygens (including phenoxy) is 15. The minimum atomic E-state index is -0.478. The minimum absolute atomic E-state index is 0.125. The molecule has 35 nitrogen and oxygen atoms in total. The summed E-state index contributed by atoms with van der Waals surface area (Å²) in [4.78, 5) is 140. The van der Waals surface area contributed by atoms with E-state index in [-0.39, 0.29) is 141 Å². The van der Waals surface area contributed by atoms with Crippen LogP contribution in [0.1, 0.15) is 211 Å². The Labute approximate surface area is 812 Å². The zero-order chi connectivity index (χ0) is 101. The molecule has 5 aliphatic heterocycles. The number of carbonyl (C=O) groups excluding carboxylic acids is 10. The molecule has 0 radical (unpaired) electrons. The molecule has 5 saturated heterocycles. The van der Waals surface area contributed by atoms with Crippen LogP contribution >= 0.6 is 0 Å². The van der Waals surface area contributed by atoms with Crippen molar-refractivity contribution < 1.29 is 119 Å². The molecule has 0 aromatic heterocycles. The van der Waals surface area contributed by atoms with Crippen molar-refractivity contribution in [2.45, 2.75) is 161 Å². The molecule has 138 heavy (non-hydrogen) atoms. The largest absolute Gasteiger partial charge is 0.455 e. The van der Waals surface area contributed by atoms with E-state index in [1.165, 1.54) is 137 Å². The lowest BCUT2D eigenvalue weighted by molar-refractivity contribution is -0.0402. The SMILES string of the molecule is CCC(C)c1ccc(C(=O)OC2CN(COC)C(=O)N(COC)C2)cc1.CCC(C)c1ccc2cc(C(=O)OC3CN(COC)C(=O)N(COC)C3)ccc2c1.CCC(C)c1ccc2cccc(C(=O)OC3CN(COC)C(=O)N(COC)C3)c2c1.CCC(C)c1cccc(C(=O)OC2CN(COC)C(=O)N(COC)C2)c1.CCC(C)c1ccccc1C(=O)OC1CN(COC)C(=O)N(COC)C1. The second kappa shape index (κ2) is 57.0. The van der Waals surface area contributed by atoms with Gasteiger partial charge in [0.15, 0.2) is 0 Å².